The Bertz CT molecular complexity index is 243. The molecule has 0 aliphatic heterocycles. The number of allylic oxidation sites excluding steroid dienone is 1. The predicted molar refractivity (Wildman–Crippen MR) is 66.4 cm³/mol. The molecule has 0 aromatic heterocycles. The van der Waals surface area contributed by atoms with Crippen molar-refractivity contribution in [3.63, 3.8) is 0 Å². The van der Waals surface area contributed by atoms with Crippen molar-refractivity contribution >= 4 is 5.78 Å². The topological polar surface area (TPSA) is 26.3 Å². The molecule has 16 heavy (non-hydrogen) atoms. The van der Waals surface area contributed by atoms with Crippen molar-refractivity contribution in [2.45, 2.75) is 58.0 Å². The van der Waals surface area contributed by atoms with Crippen molar-refractivity contribution in [3.8, 4) is 0 Å². The quantitative estimate of drug-likeness (QED) is 0.645. The van der Waals surface area contributed by atoms with Gasteiger partial charge >= 0.3 is 0 Å². The highest BCUT2D eigenvalue weighted by atomic mass is 16.5. The number of carbonyl (C=O) groups excluding carboxylic acids is 1. The molecule has 1 aliphatic carbocycles. The number of ether oxygens (including phenoxy) is 1. The van der Waals surface area contributed by atoms with E-state index in [1.54, 1.807) is 0 Å². The van der Waals surface area contributed by atoms with E-state index in [1.807, 2.05) is 13.0 Å². The lowest BCUT2D eigenvalue weighted by atomic mass is 9.75. The number of rotatable bonds is 6. The molecule has 0 heterocycles. The highest BCUT2D eigenvalue weighted by Gasteiger charge is 2.41. The Labute approximate surface area is 99.1 Å². The summed E-state index contributed by atoms with van der Waals surface area (Å²) in [6.45, 7) is 8.49. The first kappa shape index (κ1) is 13.4. The van der Waals surface area contributed by atoms with Crippen molar-refractivity contribution in [1.29, 1.82) is 0 Å². The van der Waals surface area contributed by atoms with Crippen LogP contribution in [-0.4, -0.2) is 18.0 Å². The number of hydrogen-bond donors (Lipinski definition) is 0. The maximum atomic E-state index is 12.2. The fraction of sp³-hybridized carbons (Fsp3) is 0.786. The summed E-state index contributed by atoms with van der Waals surface area (Å²) in [7, 11) is 0. The van der Waals surface area contributed by atoms with E-state index < -0.39 is 5.60 Å². The Hall–Kier alpha value is -0.630. The summed E-state index contributed by atoms with van der Waals surface area (Å²) >= 11 is 0. The minimum Gasteiger partial charge on any atom is -0.367 e. The third-order valence-electron chi connectivity index (χ3n) is 3.46. The van der Waals surface area contributed by atoms with E-state index in [-0.39, 0.29) is 5.78 Å². The second-order valence-electron chi connectivity index (χ2n) is 4.88. The first-order chi connectivity index (χ1) is 7.64. The van der Waals surface area contributed by atoms with Gasteiger partial charge in [0.15, 0.2) is 5.78 Å². The Morgan fingerprint density at radius 1 is 1.62 bits per heavy atom. The van der Waals surface area contributed by atoms with Crippen molar-refractivity contribution in [3.05, 3.63) is 12.7 Å². The Morgan fingerprint density at radius 2 is 2.38 bits per heavy atom. The lowest BCUT2D eigenvalue weighted by molar-refractivity contribution is -0.151. The molecule has 0 bridgehead atoms. The molecule has 2 heteroatoms. The molecule has 2 unspecified atom stereocenters. The monoisotopic (exact) mass is 224 g/mol. The van der Waals surface area contributed by atoms with Crippen LogP contribution in [0.4, 0.5) is 0 Å². The second-order valence-corrected chi connectivity index (χ2v) is 4.88. The second kappa shape index (κ2) is 6.19. The van der Waals surface area contributed by atoms with Crippen LogP contribution in [-0.2, 0) is 9.53 Å². The molecule has 0 saturated heterocycles. The number of hydrogen-bond acceptors (Lipinski definition) is 2. The van der Waals surface area contributed by atoms with Crippen molar-refractivity contribution in [2.75, 3.05) is 6.61 Å². The van der Waals surface area contributed by atoms with Gasteiger partial charge in [-0.2, -0.15) is 0 Å². The molecule has 1 saturated carbocycles. The molecule has 1 rings (SSSR count). The van der Waals surface area contributed by atoms with Gasteiger partial charge in [-0.25, -0.2) is 0 Å². The SMILES string of the molecule is C=CCCC(=O)C1(OCC)CCCC(C)C1. The van der Waals surface area contributed by atoms with E-state index in [0.717, 1.165) is 25.7 Å². The van der Waals surface area contributed by atoms with Crippen LogP contribution in [0.5, 0.6) is 0 Å². The molecule has 2 nitrogen and oxygen atoms in total. The van der Waals surface area contributed by atoms with Gasteiger partial charge in [0.2, 0.25) is 0 Å². The molecule has 0 N–H and O–H groups in total. The van der Waals surface area contributed by atoms with Gasteiger partial charge in [0.1, 0.15) is 5.60 Å². The van der Waals surface area contributed by atoms with Crippen LogP contribution in [0.15, 0.2) is 12.7 Å². The van der Waals surface area contributed by atoms with Crippen molar-refractivity contribution in [2.24, 2.45) is 5.92 Å². The van der Waals surface area contributed by atoms with Gasteiger partial charge in [-0.15, -0.1) is 6.58 Å². The van der Waals surface area contributed by atoms with Gasteiger partial charge in [0.25, 0.3) is 0 Å². The van der Waals surface area contributed by atoms with Crippen LogP contribution < -0.4 is 0 Å². The standard InChI is InChI=1S/C14H24O2/c1-4-6-9-13(15)14(16-5-2)10-7-8-12(3)11-14/h4,12H,1,5-11H2,2-3H3. The van der Waals surface area contributed by atoms with E-state index >= 15 is 0 Å². The first-order valence-electron chi connectivity index (χ1n) is 6.43. The van der Waals surface area contributed by atoms with Crippen LogP contribution in [0.1, 0.15) is 52.4 Å². The first-order valence-corrected chi connectivity index (χ1v) is 6.43. The Kier molecular flexibility index (Phi) is 5.20. The van der Waals surface area contributed by atoms with Crippen LogP contribution in [0.2, 0.25) is 0 Å². The molecule has 1 fully saturated rings. The van der Waals surface area contributed by atoms with Crippen molar-refractivity contribution < 1.29 is 9.53 Å². The largest absolute Gasteiger partial charge is 0.367 e. The van der Waals surface area contributed by atoms with Gasteiger partial charge in [0.05, 0.1) is 0 Å². The lowest BCUT2D eigenvalue weighted by Gasteiger charge is -2.38. The highest BCUT2D eigenvalue weighted by Crippen LogP contribution is 2.36. The Morgan fingerprint density at radius 3 is 2.94 bits per heavy atom. The lowest BCUT2D eigenvalue weighted by Crippen LogP contribution is -2.45. The molecular weight excluding hydrogens is 200 g/mol. The minimum atomic E-state index is -0.477. The molecule has 2 atom stereocenters. The van der Waals surface area contributed by atoms with Crippen molar-refractivity contribution in [1.82, 2.24) is 0 Å². The molecule has 0 radical (unpaired) electrons. The molecule has 0 spiro atoms. The average molecular weight is 224 g/mol. The highest BCUT2D eigenvalue weighted by molar-refractivity contribution is 5.87. The summed E-state index contributed by atoms with van der Waals surface area (Å²) in [4.78, 5) is 12.2. The normalized spacial score (nSPS) is 30.0. The molecule has 1 aliphatic rings. The maximum absolute atomic E-state index is 12.2. The number of carbonyl (C=O) groups is 1. The third-order valence-corrected chi connectivity index (χ3v) is 3.46. The third kappa shape index (κ3) is 3.18. The van der Waals surface area contributed by atoms with Crippen LogP contribution >= 0.6 is 0 Å². The number of Topliss-reactive ketones (excluding diaryl/α,β-unsaturated/α-hetero) is 1. The summed E-state index contributed by atoms with van der Waals surface area (Å²) in [6, 6.07) is 0. The summed E-state index contributed by atoms with van der Waals surface area (Å²) in [5.41, 5.74) is -0.477. The molecule has 0 aromatic rings. The predicted octanol–water partition coefficient (Wildman–Crippen LogP) is 3.51. The van der Waals surface area contributed by atoms with Crippen LogP contribution in [0.25, 0.3) is 0 Å². The summed E-state index contributed by atoms with van der Waals surface area (Å²) < 4.78 is 5.82. The smallest absolute Gasteiger partial charge is 0.164 e. The number of ketones is 1. The van der Waals surface area contributed by atoms with Gasteiger partial charge in [-0.05, 0) is 38.5 Å². The minimum absolute atomic E-state index is 0.279. The zero-order valence-corrected chi connectivity index (χ0v) is 10.6. The Balaban J connectivity index is 2.69. The summed E-state index contributed by atoms with van der Waals surface area (Å²) in [5, 5.41) is 0. The van der Waals surface area contributed by atoms with E-state index in [2.05, 4.69) is 13.5 Å². The van der Waals surface area contributed by atoms with Gasteiger partial charge in [-0.1, -0.05) is 19.4 Å². The maximum Gasteiger partial charge on any atom is 0.164 e. The molecule has 92 valence electrons. The molecular formula is C14H24O2. The van der Waals surface area contributed by atoms with E-state index in [1.165, 1.54) is 6.42 Å². The van der Waals surface area contributed by atoms with Gasteiger partial charge in [0, 0.05) is 13.0 Å². The van der Waals surface area contributed by atoms with Gasteiger partial charge in [-0.3, -0.25) is 4.79 Å². The molecule has 0 aromatic carbocycles. The fourth-order valence-electron chi connectivity index (χ4n) is 2.71. The van der Waals surface area contributed by atoms with E-state index in [4.69, 9.17) is 4.74 Å². The zero-order valence-electron chi connectivity index (χ0n) is 10.6. The van der Waals surface area contributed by atoms with E-state index in [9.17, 15) is 4.79 Å². The van der Waals surface area contributed by atoms with Gasteiger partial charge < -0.3 is 4.74 Å². The molecule has 0 amide bonds. The average Bonchev–Trinajstić information content (AvgIpc) is 2.26. The summed E-state index contributed by atoms with van der Waals surface area (Å²) in [5.74, 6) is 0.883. The zero-order chi connectivity index (χ0) is 12.0. The summed E-state index contributed by atoms with van der Waals surface area (Å²) in [6.07, 6.45) is 7.30. The van der Waals surface area contributed by atoms with Crippen LogP contribution in [0, 0.1) is 5.92 Å². The fourth-order valence-corrected chi connectivity index (χ4v) is 2.71. The van der Waals surface area contributed by atoms with Crippen LogP contribution in [0.3, 0.4) is 0 Å². The van der Waals surface area contributed by atoms with E-state index in [0.29, 0.717) is 18.9 Å².